The van der Waals surface area contributed by atoms with Crippen molar-refractivity contribution < 1.29 is 19.1 Å². The van der Waals surface area contributed by atoms with Crippen LogP contribution in [0.1, 0.15) is 26.4 Å². The molecule has 2 rings (SSSR count). The molecule has 1 aromatic heterocycles. The molecular formula is C15H18N4O4. The van der Waals surface area contributed by atoms with Gasteiger partial charge in [0, 0.05) is 14.2 Å². The van der Waals surface area contributed by atoms with Gasteiger partial charge in [0.25, 0.3) is 11.8 Å². The van der Waals surface area contributed by atoms with E-state index in [1.165, 1.54) is 18.9 Å². The summed E-state index contributed by atoms with van der Waals surface area (Å²) in [7, 11) is 4.60. The molecule has 1 heterocycles. The molecule has 2 aromatic rings. The van der Waals surface area contributed by atoms with Crippen LogP contribution >= 0.6 is 0 Å². The minimum absolute atomic E-state index is 0.0861. The van der Waals surface area contributed by atoms with Gasteiger partial charge in [-0.3, -0.25) is 14.3 Å². The third-order valence-corrected chi connectivity index (χ3v) is 3.28. The summed E-state index contributed by atoms with van der Waals surface area (Å²) in [5.74, 6) is -0.644. The number of aromatic nitrogens is 2. The fourth-order valence-electron chi connectivity index (χ4n) is 2.21. The van der Waals surface area contributed by atoms with Gasteiger partial charge in [-0.1, -0.05) is 12.1 Å². The van der Waals surface area contributed by atoms with E-state index in [2.05, 4.69) is 10.4 Å². The van der Waals surface area contributed by atoms with Crippen molar-refractivity contribution in [1.82, 2.24) is 9.78 Å². The molecule has 0 saturated carbocycles. The van der Waals surface area contributed by atoms with Gasteiger partial charge in [0.1, 0.15) is 11.3 Å². The zero-order chi connectivity index (χ0) is 17.0. The number of nitrogens with two attached hydrogens (primary N) is 1. The molecule has 0 aliphatic heterocycles. The smallest absolute Gasteiger partial charge is 0.260 e. The summed E-state index contributed by atoms with van der Waals surface area (Å²) in [6, 6.07) is 6.74. The third-order valence-electron chi connectivity index (χ3n) is 3.28. The van der Waals surface area contributed by atoms with Crippen molar-refractivity contribution in [2.75, 3.05) is 19.5 Å². The first-order valence-electron chi connectivity index (χ1n) is 6.78. The molecule has 3 N–H and O–H groups in total. The summed E-state index contributed by atoms with van der Waals surface area (Å²) in [6.07, 6.45) is 0. The number of rotatable bonds is 6. The molecule has 0 aliphatic rings. The summed E-state index contributed by atoms with van der Waals surface area (Å²) in [5.41, 5.74) is 6.33. The summed E-state index contributed by atoms with van der Waals surface area (Å²) in [4.78, 5) is 24.1. The average molecular weight is 318 g/mol. The number of amides is 2. The number of carbonyl (C=O) groups is 2. The highest BCUT2D eigenvalue weighted by atomic mass is 16.5. The van der Waals surface area contributed by atoms with Crippen molar-refractivity contribution >= 4 is 17.6 Å². The molecule has 0 bridgehead atoms. The van der Waals surface area contributed by atoms with Crippen LogP contribution in [0.15, 0.2) is 24.3 Å². The molecule has 0 fully saturated rings. The lowest BCUT2D eigenvalue weighted by Gasteiger charge is -2.08. The fourth-order valence-corrected chi connectivity index (χ4v) is 2.21. The molecular weight excluding hydrogens is 300 g/mol. The van der Waals surface area contributed by atoms with E-state index in [-0.39, 0.29) is 18.0 Å². The lowest BCUT2D eigenvalue weighted by Crippen LogP contribution is -2.19. The Morgan fingerprint density at radius 3 is 2.61 bits per heavy atom. The Morgan fingerprint density at radius 1 is 1.30 bits per heavy atom. The number of hydrogen-bond acceptors (Lipinski definition) is 5. The van der Waals surface area contributed by atoms with E-state index in [0.717, 1.165) is 0 Å². The van der Waals surface area contributed by atoms with Gasteiger partial charge in [0.2, 0.25) is 0 Å². The predicted octanol–water partition coefficient (Wildman–Crippen LogP) is 0.926. The summed E-state index contributed by atoms with van der Waals surface area (Å²) in [5, 5.41) is 6.73. The molecule has 1 aromatic carbocycles. The van der Waals surface area contributed by atoms with Gasteiger partial charge in [-0.05, 0) is 12.1 Å². The monoisotopic (exact) mass is 318 g/mol. The summed E-state index contributed by atoms with van der Waals surface area (Å²) >= 11 is 0. The lowest BCUT2D eigenvalue weighted by molar-refractivity contribution is 0.0995. The van der Waals surface area contributed by atoms with E-state index in [0.29, 0.717) is 17.0 Å². The highest BCUT2D eigenvalue weighted by Gasteiger charge is 2.23. The number of benzene rings is 1. The molecule has 8 nitrogen and oxygen atoms in total. The van der Waals surface area contributed by atoms with Crippen molar-refractivity contribution in [3.05, 3.63) is 41.1 Å². The maximum absolute atomic E-state index is 12.4. The van der Waals surface area contributed by atoms with Crippen molar-refractivity contribution in [2.24, 2.45) is 12.8 Å². The normalized spacial score (nSPS) is 10.4. The van der Waals surface area contributed by atoms with Crippen LogP contribution in [0.5, 0.6) is 5.75 Å². The van der Waals surface area contributed by atoms with E-state index in [1.807, 2.05) is 0 Å². The van der Waals surface area contributed by atoms with Gasteiger partial charge >= 0.3 is 0 Å². The first kappa shape index (κ1) is 16.5. The molecule has 122 valence electrons. The van der Waals surface area contributed by atoms with Crippen LogP contribution in [0.3, 0.4) is 0 Å². The highest BCUT2D eigenvalue weighted by molar-refractivity contribution is 6.09. The topological polar surface area (TPSA) is 108 Å². The third kappa shape index (κ3) is 3.32. The number of para-hydroxylation sites is 1. The fraction of sp³-hybridized carbons (Fsp3) is 0.267. The molecule has 0 spiro atoms. The van der Waals surface area contributed by atoms with E-state index in [9.17, 15) is 9.59 Å². The van der Waals surface area contributed by atoms with Crippen LogP contribution in [-0.2, 0) is 18.4 Å². The van der Waals surface area contributed by atoms with Crippen LogP contribution in [0.2, 0.25) is 0 Å². The highest BCUT2D eigenvalue weighted by Crippen LogP contribution is 2.22. The summed E-state index contributed by atoms with van der Waals surface area (Å²) < 4.78 is 11.6. The van der Waals surface area contributed by atoms with E-state index < -0.39 is 11.8 Å². The quantitative estimate of drug-likeness (QED) is 0.823. The Labute approximate surface area is 133 Å². The standard InChI is InChI=1S/C15H18N4O4/c1-19-10(8-22-2)12(13(16)20)14(18-19)17-15(21)9-6-4-5-7-11(9)23-3/h4-7H,8H2,1-3H3,(H2,16,20)(H,17,18,21). The number of hydrogen-bond donors (Lipinski definition) is 2. The maximum Gasteiger partial charge on any atom is 0.260 e. The second kappa shape index (κ2) is 6.93. The second-order valence-electron chi connectivity index (χ2n) is 4.75. The van der Waals surface area contributed by atoms with Gasteiger partial charge in [-0.25, -0.2) is 0 Å². The second-order valence-corrected chi connectivity index (χ2v) is 4.75. The minimum Gasteiger partial charge on any atom is -0.496 e. The first-order valence-corrected chi connectivity index (χ1v) is 6.78. The van der Waals surface area contributed by atoms with Crippen LogP contribution in [-0.4, -0.2) is 35.8 Å². The van der Waals surface area contributed by atoms with Crippen LogP contribution < -0.4 is 15.8 Å². The van der Waals surface area contributed by atoms with Crippen LogP contribution in [0.25, 0.3) is 0 Å². The van der Waals surface area contributed by atoms with Gasteiger partial charge in [-0.15, -0.1) is 0 Å². The number of anilines is 1. The van der Waals surface area contributed by atoms with Crippen molar-refractivity contribution in [3.63, 3.8) is 0 Å². The van der Waals surface area contributed by atoms with E-state index >= 15 is 0 Å². The molecule has 0 unspecified atom stereocenters. The molecule has 0 saturated heterocycles. The molecule has 0 aliphatic carbocycles. The zero-order valence-corrected chi connectivity index (χ0v) is 13.1. The maximum atomic E-state index is 12.4. The van der Waals surface area contributed by atoms with Gasteiger partial charge < -0.3 is 20.5 Å². The van der Waals surface area contributed by atoms with Crippen LogP contribution in [0.4, 0.5) is 5.82 Å². The number of ether oxygens (including phenoxy) is 2. The summed E-state index contributed by atoms with van der Waals surface area (Å²) in [6.45, 7) is 0.145. The van der Waals surface area contributed by atoms with Gasteiger partial charge in [0.15, 0.2) is 5.82 Å². The zero-order valence-electron chi connectivity index (χ0n) is 13.1. The van der Waals surface area contributed by atoms with E-state index in [1.54, 1.807) is 31.3 Å². The predicted molar refractivity (Wildman–Crippen MR) is 83.4 cm³/mol. The Morgan fingerprint density at radius 2 is 2.00 bits per heavy atom. The Balaban J connectivity index is 2.38. The van der Waals surface area contributed by atoms with Gasteiger partial charge in [0.05, 0.1) is 25.0 Å². The lowest BCUT2D eigenvalue weighted by atomic mass is 10.1. The number of methoxy groups -OCH3 is 2. The molecule has 23 heavy (non-hydrogen) atoms. The molecule has 8 heteroatoms. The SMILES string of the molecule is COCc1c(C(N)=O)c(NC(=O)c2ccccc2OC)nn1C. The number of aryl methyl sites for hydroxylation is 1. The largest absolute Gasteiger partial charge is 0.496 e. The van der Waals surface area contributed by atoms with E-state index in [4.69, 9.17) is 15.2 Å². The van der Waals surface area contributed by atoms with Crippen molar-refractivity contribution in [2.45, 2.75) is 6.61 Å². The average Bonchev–Trinajstić information content (AvgIpc) is 2.83. The first-order chi connectivity index (χ1) is 11.0. The Bertz CT molecular complexity index is 739. The number of nitrogens with zero attached hydrogens (tertiary/aromatic N) is 2. The number of carbonyl (C=O) groups excluding carboxylic acids is 2. The number of primary amides is 1. The molecule has 0 radical (unpaired) electrons. The molecule has 2 amide bonds. The molecule has 0 atom stereocenters. The minimum atomic E-state index is -0.694. The van der Waals surface area contributed by atoms with Crippen molar-refractivity contribution in [3.8, 4) is 5.75 Å². The van der Waals surface area contributed by atoms with Gasteiger partial charge in [-0.2, -0.15) is 5.10 Å². The Hall–Kier alpha value is -2.87. The Kier molecular flexibility index (Phi) is 4.97. The van der Waals surface area contributed by atoms with Crippen LogP contribution in [0, 0.1) is 0 Å². The van der Waals surface area contributed by atoms with Crippen molar-refractivity contribution in [1.29, 1.82) is 0 Å². The number of nitrogens with one attached hydrogen (secondary N) is 1.